The van der Waals surface area contributed by atoms with Gasteiger partial charge in [0.25, 0.3) is 0 Å². The van der Waals surface area contributed by atoms with Crippen molar-refractivity contribution in [3.8, 4) is 22.6 Å². The number of rotatable bonds is 4. The van der Waals surface area contributed by atoms with Gasteiger partial charge in [0, 0.05) is 25.7 Å². The topological polar surface area (TPSA) is 112 Å². The van der Waals surface area contributed by atoms with Crippen molar-refractivity contribution >= 4 is 17.7 Å². The number of aryl methyl sites for hydroxylation is 1. The van der Waals surface area contributed by atoms with Crippen molar-refractivity contribution in [1.29, 1.82) is 0 Å². The molecule has 4 heterocycles. The Kier molecular flexibility index (Phi) is 4.19. The largest absolute Gasteiger partial charge is 0.462 e. The van der Waals surface area contributed by atoms with Crippen LogP contribution in [0, 0.1) is 0 Å². The second-order valence-electron chi connectivity index (χ2n) is 7.27. The third-order valence-corrected chi connectivity index (χ3v) is 5.37. The Morgan fingerprint density at radius 2 is 2.10 bits per heavy atom. The zero-order valence-corrected chi connectivity index (χ0v) is 16.3. The van der Waals surface area contributed by atoms with Crippen LogP contribution < -0.4 is 4.90 Å². The summed E-state index contributed by atoms with van der Waals surface area (Å²) < 4.78 is 12.0. The Balaban J connectivity index is 1.39. The van der Waals surface area contributed by atoms with E-state index in [0.29, 0.717) is 17.9 Å². The van der Waals surface area contributed by atoms with Gasteiger partial charge in [-0.1, -0.05) is 12.1 Å². The molecular weight excluding hydrogens is 388 g/mol. The van der Waals surface area contributed by atoms with Gasteiger partial charge in [0.2, 0.25) is 0 Å². The molecule has 0 radical (unpaired) electrons. The van der Waals surface area contributed by atoms with Crippen LogP contribution in [0.2, 0.25) is 0 Å². The van der Waals surface area contributed by atoms with Crippen LogP contribution in [-0.4, -0.2) is 56.0 Å². The normalized spacial score (nSPS) is 19.4. The van der Waals surface area contributed by atoms with E-state index >= 15 is 0 Å². The molecule has 3 aromatic rings. The summed E-state index contributed by atoms with van der Waals surface area (Å²) in [7, 11) is 1.76. The number of fused-ring (bicyclic) bond motifs is 3. The average Bonchev–Trinajstić information content (AvgIpc) is 3.41. The molecule has 0 N–H and O–H groups in total. The second kappa shape index (κ2) is 6.90. The summed E-state index contributed by atoms with van der Waals surface area (Å²) in [5, 5.41) is 11.4. The van der Waals surface area contributed by atoms with Gasteiger partial charge < -0.3 is 9.47 Å². The summed E-state index contributed by atoms with van der Waals surface area (Å²) >= 11 is 0. The van der Waals surface area contributed by atoms with Gasteiger partial charge in [-0.05, 0) is 46.2 Å². The molecule has 2 aliphatic heterocycles. The van der Waals surface area contributed by atoms with E-state index in [1.807, 2.05) is 24.3 Å². The van der Waals surface area contributed by atoms with Gasteiger partial charge in [0.15, 0.2) is 11.9 Å². The van der Waals surface area contributed by atoms with Crippen LogP contribution in [0.4, 0.5) is 10.5 Å². The number of tetrazole rings is 1. The van der Waals surface area contributed by atoms with Crippen molar-refractivity contribution in [3.63, 3.8) is 0 Å². The first-order valence-electron chi connectivity index (χ1n) is 9.46. The van der Waals surface area contributed by atoms with Crippen LogP contribution in [0.5, 0.6) is 0 Å². The van der Waals surface area contributed by atoms with Crippen LogP contribution in [0.15, 0.2) is 36.5 Å². The summed E-state index contributed by atoms with van der Waals surface area (Å²) in [4.78, 5) is 29.6. The number of pyridine rings is 1. The SMILES string of the molecule is CC(=O)OC[C@@H]1OC(=O)N2c3ccc(-c4ccc(-c5nnnn5C)nc4)cc3C[C@@H]12. The lowest BCUT2D eigenvalue weighted by molar-refractivity contribution is -0.143. The summed E-state index contributed by atoms with van der Waals surface area (Å²) in [5.41, 5.74) is 4.50. The van der Waals surface area contributed by atoms with E-state index in [9.17, 15) is 9.59 Å². The molecular formula is C20H18N6O4. The fourth-order valence-electron chi connectivity index (χ4n) is 3.94. The second-order valence-corrected chi connectivity index (χ2v) is 7.27. The molecule has 1 amide bonds. The minimum atomic E-state index is -0.474. The molecule has 2 atom stereocenters. The number of benzene rings is 1. The molecule has 5 rings (SSSR count). The van der Waals surface area contributed by atoms with Gasteiger partial charge in [0.1, 0.15) is 12.3 Å². The lowest BCUT2D eigenvalue weighted by atomic mass is 10.0. The van der Waals surface area contributed by atoms with E-state index in [-0.39, 0.29) is 12.6 Å². The number of hydrogen-bond donors (Lipinski definition) is 0. The van der Waals surface area contributed by atoms with Gasteiger partial charge in [-0.25, -0.2) is 9.48 Å². The number of carbonyl (C=O) groups is 2. The number of amides is 1. The van der Waals surface area contributed by atoms with Crippen LogP contribution in [-0.2, 0) is 27.7 Å². The van der Waals surface area contributed by atoms with Gasteiger partial charge >= 0.3 is 12.1 Å². The minimum absolute atomic E-state index is 0.0609. The lowest BCUT2D eigenvalue weighted by Gasteiger charge is -2.16. The summed E-state index contributed by atoms with van der Waals surface area (Å²) in [6, 6.07) is 9.59. The Morgan fingerprint density at radius 3 is 2.80 bits per heavy atom. The maximum atomic E-state index is 12.3. The first kappa shape index (κ1) is 18.2. The van der Waals surface area contributed by atoms with E-state index < -0.39 is 18.2 Å². The minimum Gasteiger partial charge on any atom is -0.462 e. The van der Waals surface area contributed by atoms with Crippen LogP contribution in [0.1, 0.15) is 12.5 Å². The number of carbonyl (C=O) groups excluding carboxylic acids is 2. The van der Waals surface area contributed by atoms with Gasteiger partial charge in [-0.3, -0.25) is 14.7 Å². The molecule has 10 nitrogen and oxygen atoms in total. The molecule has 1 fully saturated rings. The van der Waals surface area contributed by atoms with E-state index in [1.165, 1.54) is 6.92 Å². The molecule has 1 aromatic carbocycles. The third-order valence-electron chi connectivity index (χ3n) is 5.37. The van der Waals surface area contributed by atoms with E-state index in [1.54, 1.807) is 22.8 Å². The molecule has 152 valence electrons. The monoisotopic (exact) mass is 406 g/mol. The smallest absolute Gasteiger partial charge is 0.415 e. The highest BCUT2D eigenvalue weighted by Crippen LogP contribution is 2.40. The maximum Gasteiger partial charge on any atom is 0.415 e. The third kappa shape index (κ3) is 2.97. The number of aromatic nitrogens is 5. The van der Waals surface area contributed by atoms with Gasteiger partial charge in [0.05, 0.1) is 11.7 Å². The fraction of sp³-hybridized carbons (Fsp3) is 0.300. The van der Waals surface area contributed by atoms with Crippen LogP contribution in [0.25, 0.3) is 22.6 Å². The summed E-state index contributed by atoms with van der Waals surface area (Å²) in [5.74, 6) is 0.198. The quantitative estimate of drug-likeness (QED) is 0.603. The molecule has 0 bridgehead atoms. The Morgan fingerprint density at radius 1 is 1.27 bits per heavy atom. The van der Waals surface area contributed by atoms with E-state index in [2.05, 4.69) is 26.6 Å². The molecule has 1 saturated heterocycles. The maximum absolute atomic E-state index is 12.3. The molecule has 2 aromatic heterocycles. The fourth-order valence-corrected chi connectivity index (χ4v) is 3.94. The predicted octanol–water partition coefficient (Wildman–Crippen LogP) is 1.75. The predicted molar refractivity (Wildman–Crippen MR) is 104 cm³/mol. The lowest BCUT2D eigenvalue weighted by Crippen LogP contribution is -2.35. The molecule has 0 unspecified atom stereocenters. The first-order valence-corrected chi connectivity index (χ1v) is 9.46. The van der Waals surface area contributed by atoms with Crippen LogP contribution in [0.3, 0.4) is 0 Å². The zero-order valence-electron chi connectivity index (χ0n) is 16.3. The van der Waals surface area contributed by atoms with Gasteiger partial charge in [-0.15, -0.1) is 5.10 Å². The molecule has 0 aliphatic carbocycles. The van der Waals surface area contributed by atoms with Crippen molar-refractivity contribution in [2.75, 3.05) is 11.5 Å². The van der Waals surface area contributed by atoms with E-state index in [4.69, 9.17) is 9.47 Å². The van der Waals surface area contributed by atoms with Crippen molar-refractivity contribution in [3.05, 3.63) is 42.1 Å². The highest BCUT2D eigenvalue weighted by Gasteiger charge is 2.47. The first-order chi connectivity index (χ1) is 14.5. The number of cyclic esters (lactones) is 1. The summed E-state index contributed by atoms with van der Waals surface area (Å²) in [6.07, 6.45) is 1.53. The molecule has 0 spiro atoms. The molecule has 30 heavy (non-hydrogen) atoms. The number of esters is 1. The number of hydrogen-bond acceptors (Lipinski definition) is 8. The standard InChI is InChI=1S/C20H18N6O4/c1-11(27)29-10-18-17-8-14-7-12(4-6-16(14)26(17)20(28)30-18)13-3-5-15(21-9-13)19-22-23-24-25(19)2/h3-7,9,17-18H,8,10H2,1-2H3/t17-,18-/m0/s1. The molecule has 10 heteroatoms. The summed E-state index contributed by atoms with van der Waals surface area (Å²) in [6.45, 7) is 1.40. The highest BCUT2D eigenvalue weighted by atomic mass is 16.6. The van der Waals surface area contributed by atoms with Crippen molar-refractivity contribution in [2.24, 2.45) is 7.05 Å². The Hall–Kier alpha value is -3.82. The number of ether oxygens (including phenoxy) is 2. The highest BCUT2D eigenvalue weighted by molar-refractivity contribution is 5.94. The van der Waals surface area contributed by atoms with Crippen molar-refractivity contribution < 1.29 is 19.1 Å². The number of nitrogens with zero attached hydrogens (tertiary/aromatic N) is 6. The number of anilines is 1. The zero-order chi connectivity index (χ0) is 20.8. The van der Waals surface area contributed by atoms with Crippen molar-refractivity contribution in [2.45, 2.75) is 25.5 Å². The molecule has 0 saturated carbocycles. The van der Waals surface area contributed by atoms with Crippen LogP contribution >= 0.6 is 0 Å². The molecule has 2 aliphatic rings. The average molecular weight is 406 g/mol. The Labute approximate surface area is 171 Å². The van der Waals surface area contributed by atoms with Gasteiger partial charge in [-0.2, -0.15) is 0 Å². The van der Waals surface area contributed by atoms with E-state index in [0.717, 1.165) is 22.4 Å². The Bertz CT molecular complexity index is 1140. The van der Waals surface area contributed by atoms with Crippen molar-refractivity contribution in [1.82, 2.24) is 25.2 Å².